The minimum absolute atomic E-state index is 0.0290. The van der Waals surface area contributed by atoms with E-state index in [1.54, 1.807) is 24.3 Å². The van der Waals surface area contributed by atoms with Crippen LogP contribution in [0.15, 0.2) is 60.2 Å². The van der Waals surface area contributed by atoms with Crippen molar-refractivity contribution in [2.45, 2.75) is 26.8 Å². The molecule has 1 aliphatic rings. The van der Waals surface area contributed by atoms with Crippen LogP contribution in [0.5, 0.6) is 5.75 Å². The molecule has 1 heterocycles. The normalized spacial score (nSPS) is 17.4. The molecular formula is C27H23Cl2NO4. The summed E-state index contributed by atoms with van der Waals surface area (Å²) < 4.78 is 5.54. The first-order valence-electron chi connectivity index (χ1n) is 10.6. The summed E-state index contributed by atoms with van der Waals surface area (Å²) in [6.45, 7) is 5.63. The number of Topliss-reactive ketones (excluding diaryl/α,β-unsaturated/α-hetero) is 1. The van der Waals surface area contributed by atoms with Crippen molar-refractivity contribution in [2.24, 2.45) is 0 Å². The molecule has 3 aromatic carbocycles. The van der Waals surface area contributed by atoms with E-state index in [1.165, 1.54) is 12.0 Å². The lowest BCUT2D eigenvalue weighted by Crippen LogP contribution is -2.29. The Morgan fingerprint density at radius 2 is 1.59 bits per heavy atom. The zero-order valence-corrected chi connectivity index (χ0v) is 20.7. The van der Waals surface area contributed by atoms with Gasteiger partial charge in [0.05, 0.1) is 24.3 Å². The number of aryl methyl sites for hydroxylation is 3. The molecular weight excluding hydrogens is 473 g/mol. The van der Waals surface area contributed by atoms with Crippen LogP contribution in [0.4, 0.5) is 5.69 Å². The van der Waals surface area contributed by atoms with Crippen molar-refractivity contribution in [1.82, 2.24) is 0 Å². The second-order valence-electron chi connectivity index (χ2n) is 8.32. The molecule has 4 rings (SSSR count). The Labute approximate surface area is 208 Å². The second kappa shape index (κ2) is 9.16. The highest BCUT2D eigenvalue weighted by Crippen LogP contribution is 2.45. The monoisotopic (exact) mass is 495 g/mol. The van der Waals surface area contributed by atoms with Gasteiger partial charge in [0.15, 0.2) is 0 Å². The van der Waals surface area contributed by atoms with Crippen molar-refractivity contribution < 1.29 is 19.4 Å². The number of carbonyl (C=O) groups excluding carboxylic acids is 2. The van der Waals surface area contributed by atoms with Gasteiger partial charge in [0.1, 0.15) is 11.5 Å². The lowest BCUT2D eigenvalue weighted by molar-refractivity contribution is -0.132. The Balaban J connectivity index is 2.05. The molecule has 1 amide bonds. The van der Waals surface area contributed by atoms with Crippen molar-refractivity contribution in [1.29, 1.82) is 0 Å². The molecule has 34 heavy (non-hydrogen) atoms. The van der Waals surface area contributed by atoms with E-state index in [9.17, 15) is 14.7 Å². The maximum Gasteiger partial charge on any atom is 0.300 e. The number of hydrogen-bond acceptors (Lipinski definition) is 4. The van der Waals surface area contributed by atoms with Crippen LogP contribution in [0.3, 0.4) is 0 Å². The van der Waals surface area contributed by atoms with Crippen molar-refractivity contribution >= 4 is 46.3 Å². The van der Waals surface area contributed by atoms with Gasteiger partial charge >= 0.3 is 0 Å². The largest absolute Gasteiger partial charge is 0.507 e. The summed E-state index contributed by atoms with van der Waals surface area (Å²) in [6, 6.07) is 14.9. The van der Waals surface area contributed by atoms with Crippen LogP contribution in [0, 0.1) is 20.8 Å². The third-order valence-electron chi connectivity index (χ3n) is 5.93. The van der Waals surface area contributed by atoms with Crippen molar-refractivity contribution in [2.75, 3.05) is 12.0 Å². The zero-order chi connectivity index (χ0) is 24.7. The quantitative estimate of drug-likeness (QED) is 0.253. The van der Waals surface area contributed by atoms with E-state index in [2.05, 4.69) is 0 Å². The lowest BCUT2D eigenvalue weighted by atomic mass is 9.91. The highest BCUT2D eigenvalue weighted by molar-refractivity contribution is 6.52. The Morgan fingerprint density at radius 3 is 2.21 bits per heavy atom. The Morgan fingerprint density at radius 1 is 0.941 bits per heavy atom. The van der Waals surface area contributed by atoms with Gasteiger partial charge in [0.2, 0.25) is 0 Å². The first-order valence-corrected chi connectivity index (χ1v) is 11.4. The fourth-order valence-corrected chi connectivity index (χ4v) is 5.03. The second-order valence-corrected chi connectivity index (χ2v) is 9.19. The van der Waals surface area contributed by atoms with Crippen molar-refractivity contribution in [3.63, 3.8) is 0 Å². The molecule has 0 aliphatic carbocycles. The number of ketones is 1. The predicted octanol–water partition coefficient (Wildman–Crippen LogP) is 6.55. The van der Waals surface area contributed by atoms with E-state index < -0.39 is 17.7 Å². The number of aliphatic hydroxyl groups excluding tert-OH is 1. The number of methoxy groups -OCH3 is 1. The Kier molecular flexibility index (Phi) is 6.43. The summed E-state index contributed by atoms with van der Waals surface area (Å²) >= 11 is 12.4. The number of hydrogen-bond donors (Lipinski definition) is 1. The zero-order valence-electron chi connectivity index (χ0n) is 19.1. The van der Waals surface area contributed by atoms with E-state index in [0.29, 0.717) is 32.6 Å². The third-order valence-corrected chi connectivity index (χ3v) is 6.37. The highest BCUT2D eigenvalue weighted by atomic mass is 35.5. The fraction of sp³-hybridized carbons (Fsp3) is 0.185. The maximum atomic E-state index is 13.4. The van der Waals surface area contributed by atoms with E-state index in [-0.39, 0.29) is 11.3 Å². The lowest BCUT2D eigenvalue weighted by Gasteiger charge is -2.27. The number of nitrogens with zero attached hydrogens (tertiary/aromatic N) is 1. The van der Waals surface area contributed by atoms with Crippen LogP contribution >= 0.6 is 23.2 Å². The number of carbonyl (C=O) groups is 2. The molecule has 0 saturated carbocycles. The molecule has 1 atom stereocenters. The van der Waals surface area contributed by atoms with Crippen LogP contribution in [0.1, 0.15) is 33.9 Å². The Bertz CT molecular complexity index is 1340. The van der Waals surface area contributed by atoms with Crippen LogP contribution in [0.2, 0.25) is 10.0 Å². The number of amides is 1. The number of ether oxygens (including phenoxy) is 1. The summed E-state index contributed by atoms with van der Waals surface area (Å²) in [7, 11) is 1.50. The first-order chi connectivity index (χ1) is 16.1. The molecule has 7 heteroatoms. The standard InChI is InChI=1S/C27H23Cl2NO4/c1-14-9-16(3)26(34-4)21(10-14)24(31)22-23(20-8-6-5-7-15(20)2)30(27(33)25(22)32)19-12-17(28)11-18(29)13-19/h5-13,23,31H,1-4H3/b24-22+. The van der Waals surface area contributed by atoms with Gasteiger partial charge in [-0.1, -0.05) is 53.5 Å². The van der Waals surface area contributed by atoms with Gasteiger partial charge in [-0.2, -0.15) is 0 Å². The average molecular weight is 496 g/mol. The van der Waals surface area contributed by atoms with Gasteiger partial charge in [0, 0.05) is 15.7 Å². The molecule has 1 fully saturated rings. The number of aliphatic hydroxyl groups is 1. The first kappa shape index (κ1) is 23.9. The van der Waals surface area contributed by atoms with Crippen LogP contribution < -0.4 is 9.64 Å². The predicted molar refractivity (Wildman–Crippen MR) is 135 cm³/mol. The maximum absolute atomic E-state index is 13.4. The minimum atomic E-state index is -0.888. The van der Waals surface area contributed by atoms with Crippen LogP contribution in [-0.4, -0.2) is 23.9 Å². The van der Waals surface area contributed by atoms with Gasteiger partial charge in [-0.3, -0.25) is 14.5 Å². The SMILES string of the molecule is COc1c(C)cc(C)cc1/C(O)=C1\C(=O)C(=O)N(c2cc(Cl)cc(Cl)c2)C1c1ccccc1C. The fourth-order valence-electron chi connectivity index (χ4n) is 4.51. The van der Waals surface area contributed by atoms with Gasteiger partial charge in [0.25, 0.3) is 11.7 Å². The molecule has 0 radical (unpaired) electrons. The Hall–Kier alpha value is -3.28. The molecule has 174 valence electrons. The topological polar surface area (TPSA) is 66.8 Å². The highest BCUT2D eigenvalue weighted by Gasteiger charge is 2.47. The van der Waals surface area contributed by atoms with E-state index in [4.69, 9.17) is 27.9 Å². The number of halogens is 2. The smallest absolute Gasteiger partial charge is 0.300 e. The molecule has 1 unspecified atom stereocenters. The summed E-state index contributed by atoms with van der Waals surface area (Å²) in [4.78, 5) is 28.1. The number of benzene rings is 3. The summed E-state index contributed by atoms with van der Waals surface area (Å²) in [5.41, 5.74) is 3.91. The molecule has 0 aromatic heterocycles. The minimum Gasteiger partial charge on any atom is -0.507 e. The summed E-state index contributed by atoms with van der Waals surface area (Å²) in [6.07, 6.45) is 0. The van der Waals surface area contributed by atoms with Crippen LogP contribution in [0.25, 0.3) is 5.76 Å². The van der Waals surface area contributed by atoms with Gasteiger partial charge < -0.3 is 9.84 Å². The van der Waals surface area contributed by atoms with E-state index >= 15 is 0 Å². The number of anilines is 1. The van der Waals surface area contributed by atoms with E-state index in [0.717, 1.165) is 16.7 Å². The van der Waals surface area contributed by atoms with Gasteiger partial charge in [-0.15, -0.1) is 0 Å². The van der Waals surface area contributed by atoms with Gasteiger partial charge in [-0.05, 0) is 67.3 Å². The molecule has 1 aliphatic heterocycles. The molecule has 3 aromatic rings. The van der Waals surface area contributed by atoms with Crippen molar-refractivity contribution in [3.05, 3.63) is 98.0 Å². The molecule has 0 spiro atoms. The van der Waals surface area contributed by atoms with Crippen LogP contribution in [-0.2, 0) is 9.59 Å². The molecule has 5 nitrogen and oxygen atoms in total. The van der Waals surface area contributed by atoms with E-state index in [1.807, 2.05) is 51.1 Å². The molecule has 1 N–H and O–H groups in total. The van der Waals surface area contributed by atoms with Crippen molar-refractivity contribution in [3.8, 4) is 5.75 Å². The molecule has 0 bridgehead atoms. The molecule has 1 saturated heterocycles. The average Bonchev–Trinajstić information content (AvgIpc) is 3.03. The van der Waals surface area contributed by atoms with Gasteiger partial charge in [-0.25, -0.2) is 0 Å². The summed E-state index contributed by atoms with van der Waals surface area (Å²) in [5.74, 6) is -1.45. The third kappa shape index (κ3) is 4.06. The number of rotatable bonds is 4. The summed E-state index contributed by atoms with van der Waals surface area (Å²) in [5, 5.41) is 12.2.